The van der Waals surface area contributed by atoms with Crippen molar-refractivity contribution in [3.05, 3.63) is 35.4 Å². The molecule has 0 bridgehead atoms. The number of likely N-dealkylation sites (N-methyl/N-ethyl adjacent to an activating group) is 1. The molecule has 0 aliphatic carbocycles. The van der Waals surface area contributed by atoms with Crippen molar-refractivity contribution in [3.8, 4) is 0 Å². The fraction of sp³-hybridized carbons (Fsp3) is 0.684. The van der Waals surface area contributed by atoms with Crippen LogP contribution in [0.4, 0.5) is 13.2 Å². The summed E-state index contributed by atoms with van der Waals surface area (Å²) in [5, 5.41) is 3.47. The lowest BCUT2D eigenvalue weighted by atomic mass is 9.82. The first-order chi connectivity index (χ1) is 11.1. The number of halogens is 3. The zero-order chi connectivity index (χ0) is 18.0. The number of benzene rings is 1. The highest BCUT2D eigenvalue weighted by molar-refractivity contribution is 5.26. The van der Waals surface area contributed by atoms with Gasteiger partial charge in [0.25, 0.3) is 0 Å². The highest BCUT2D eigenvalue weighted by Gasteiger charge is 2.37. The Morgan fingerprint density at radius 3 is 2.50 bits per heavy atom. The van der Waals surface area contributed by atoms with E-state index in [1.54, 1.807) is 6.07 Å². The maximum atomic E-state index is 12.9. The van der Waals surface area contributed by atoms with Crippen LogP contribution < -0.4 is 5.32 Å². The largest absolute Gasteiger partial charge is 0.416 e. The van der Waals surface area contributed by atoms with Gasteiger partial charge in [-0.2, -0.15) is 13.2 Å². The summed E-state index contributed by atoms with van der Waals surface area (Å²) in [5.41, 5.74) is 0.282. The van der Waals surface area contributed by atoms with Crippen molar-refractivity contribution in [2.24, 2.45) is 0 Å². The molecular formula is C19H29F3N2. The number of alkyl halides is 3. The molecule has 1 aliphatic rings. The molecule has 0 saturated carbocycles. The summed E-state index contributed by atoms with van der Waals surface area (Å²) < 4.78 is 38.6. The zero-order valence-electron chi connectivity index (χ0n) is 15.1. The van der Waals surface area contributed by atoms with Gasteiger partial charge in [0.2, 0.25) is 0 Å². The Kier molecular flexibility index (Phi) is 5.65. The lowest BCUT2D eigenvalue weighted by Crippen LogP contribution is -2.60. The summed E-state index contributed by atoms with van der Waals surface area (Å²) in [7, 11) is 1.97. The van der Waals surface area contributed by atoms with Gasteiger partial charge in [0.15, 0.2) is 0 Å². The highest BCUT2D eigenvalue weighted by Crippen LogP contribution is 2.32. The summed E-state index contributed by atoms with van der Waals surface area (Å²) in [6.45, 7) is 8.66. The first-order valence-electron chi connectivity index (χ1n) is 8.66. The van der Waals surface area contributed by atoms with Gasteiger partial charge >= 0.3 is 6.18 Å². The van der Waals surface area contributed by atoms with Gasteiger partial charge in [-0.25, -0.2) is 0 Å². The first-order valence-corrected chi connectivity index (χ1v) is 8.66. The molecule has 1 aromatic rings. The number of likely N-dealkylation sites (tertiary alicyclic amines) is 1. The van der Waals surface area contributed by atoms with Gasteiger partial charge in [0.05, 0.1) is 5.56 Å². The van der Waals surface area contributed by atoms with Crippen molar-refractivity contribution in [1.82, 2.24) is 10.2 Å². The molecule has 1 aliphatic heterocycles. The maximum absolute atomic E-state index is 12.9. The second-order valence-electron chi connectivity index (χ2n) is 7.92. The maximum Gasteiger partial charge on any atom is 0.416 e. The van der Waals surface area contributed by atoms with Crippen molar-refractivity contribution in [2.45, 2.75) is 63.7 Å². The topological polar surface area (TPSA) is 15.3 Å². The number of hydrogen-bond acceptors (Lipinski definition) is 2. The van der Waals surface area contributed by atoms with Crippen LogP contribution in [-0.2, 0) is 12.6 Å². The molecule has 0 unspecified atom stereocenters. The van der Waals surface area contributed by atoms with E-state index < -0.39 is 11.7 Å². The number of piperidine rings is 1. The number of nitrogens with one attached hydrogen (secondary N) is 1. The summed E-state index contributed by atoms with van der Waals surface area (Å²) in [4.78, 5) is 2.47. The molecule has 2 nitrogen and oxygen atoms in total. The van der Waals surface area contributed by atoms with E-state index in [0.29, 0.717) is 6.42 Å². The van der Waals surface area contributed by atoms with Gasteiger partial charge < -0.3 is 5.32 Å². The average molecular weight is 342 g/mol. The number of rotatable bonds is 4. The van der Waals surface area contributed by atoms with Gasteiger partial charge in [0.1, 0.15) is 0 Å². The smallest absolute Gasteiger partial charge is 0.313 e. The van der Waals surface area contributed by atoms with Crippen molar-refractivity contribution >= 4 is 0 Å². The van der Waals surface area contributed by atoms with Crippen molar-refractivity contribution in [3.63, 3.8) is 0 Å². The van der Waals surface area contributed by atoms with Crippen LogP contribution in [0, 0.1) is 0 Å². The van der Waals surface area contributed by atoms with Gasteiger partial charge in [-0.05, 0) is 71.7 Å². The first kappa shape index (κ1) is 19.3. The van der Waals surface area contributed by atoms with Crippen LogP contribution in [0.25, 0.3) is 0 Å². The molecule has 1 N–H and O–H groups in total. The average Bonchev–Trinajstić information content (AvgIpc) is 2.52. The molecule has 1 aromatic carbocycles. The lowest BCUT2D eigenvalue weighted by Gasteiger charge is -2.48. The van der Waals surface area contributed by atoms with Crippen LogP contribution in [0.3, 0.4) is 0 Å². The van der Waals surface area contributed by atoms with Gasteiger partial charge in [-0.3, -0.25) is 4.90 Å². The molecule has 1 fully saturated rings. The van der Waals surface area contributed by atoms with Crippen LogP contribution in [0.5, 0.6) is 0 Å². The van der Waals surface area contributed by atoms with Crippen LogP contribution >= 0.6 is 0 Å². The Morgan fingerprint density at radius 1 is 1.21 bits per heavy atom. The molecule has 0 aromatic heterocycles. The van der Waals surface area contributed by atoms with Crippen molar-refractivity contribution < 1.29 is 13.2 Å². The molecule has 136 valence electrons. The second kappa shape index (κ2) is 7.04. The van der Waals surface area contributed by atoms with E-state index in [9.17, 15) is 13.2 Å². The molecule has 0 radical (unpaired) electrons. The number of hydrogen-bond donors (Lipinski definition) is 1. The molecule has 0 spiro atoms. The molecule has 2 rings (SSSR count). The predicted molar refractivity (Wildman–Crippen MR) is 92.1 cm³/mol. The molecule has 0 amide bonds. The normalized spacial score (nSPS) is 23.5. The standard InChI is InChI=1S/C19H29F3N2/c1-17(2,3)24-12-6-10-18(14-24,23-4)11-9-15-7-5-8-16(13-15)19(20,21)22/h5,7-8,13,23H,6,9-12,14H2,1-4H3/t18-/m0/s1. The molecule has 24 heavy (non-hydrogen) atoms. The quantitative estimate of drug-likeness (QED) is 0.867. The third-order valence-corrected chi connectivity index (χ3v) is 5.20. The molecular weight excluding hydrogens is 313 g/mol. The Hall–Kier alpha value is -1.07. The monoisotopic (exact) mass is 342 g/mol. The minimum atomic E-state index is -4.27. The summed E-state index contributed by atoms with van der Waals surface area (Å²) in [6, 6.07) is 5.72. The van der Waals surface area contributed by atoms with Crippen LogP contribution in [0.2, 0.25) is 0 Å². The molecule has 1 atom stereocenters. The fourth-order valence-corrected chi connectivity index (χ4v) is 3.52. The number of aryl methyl sites for hydroxylation is 1. The van der Waals surface area contributed by atoms with E-state index in [0.717, 1.165) is 44.0 Å². The van der Waals surface area contributed by atoms with E-state index in [-0.39, 0.29) is 11.1 Å². The molecule has 1 heterocycles. The minimum Gasteiger partial charge on any atom is -0.313 e. The van der Waals surface area contributed by atoms with E-state index in [1.807, 2.05) is 7.05 Å². The van der Waals surface area contributed by atoms with Crippen LogP contribution in [-0.4, -0.2) is 36.1 Å². The zero-order valence-corrected chi connectivity index (χ0v) is 15.1. The highest BCUT2D eigenvalue weighted by atomic mass is 19.4. The van der Waals surface area contributed by atoms with E-state index in [1.165, 1.54) is 12.1 Å². The van der Waals surface area contributed by atoms with Gasteiger partial charge in [-0.15, -0.1) is 0 Å². The Balaban J connectivity index is 2.08. The Labute approximate surface area is 143 Å². The predicted octanol–water partition coefficient (Wildman–Crippen LogP) is 4.49. The van der Waals surface area contributed by atoms with Gasteiger partial charge in [0, 0.05) is 17.6 Å². The summed E-state index contributed by atoms with van der Waals surface area (Å²) in [5.74, 6) is 0. The summed E-state index contributed by atoms with van der Waals surface area (Å²) >= 11 is 0. The van der Waals surface area contributed by atoms with Crippen LogP contribution in [0.15, 0.2) is 24.3 Å². The SMILES string of the molecule is CN[C@]1(CCc2cccc(C(F)(F)F)c2)CCCN(C(C)(C)C)C1. The second-order valence-corrected chi connectivity index (χ2v) is 7.92. The lowest BCUT2D eigenvalue weighted by molar-refractivity contribution is -0.137. The van der Waals surface area contributed by atoms with Crippen molar-refractivity contribution in [1.29, 1.82) is 0 Å². The molecule has 5 heteroatoms. The van der Waals surface area contributed by atoms with E-state index >= 15 is 0 Å². The van der Waals surface area contributed by atoms with Crippen LogP contribution in [0.1, 0.15) is 51.2 Å². The number of nitrogens with zero attached hydrogens (tertiary/aromatic N) is 1. The third-order valence-electron chi connectivity index (χ3n) is 5.20. The molecule has 1 saturated heterocycles. The van der Waals surface area contributed by atoms with E-state index in [2.05, 4.69) is 31.0 Å². The summed E-state index contributed by atoms with van der Waals surface area (Å²) in [6.07, 6.45) is -0.597. The minimum absolute atomic E-state index is 0.0280. The third kappa shape index (κ3) is 4.73. The fourth-order valence-electron chi connectivity index (χ4n) is 3.52. The Bertz CT molecular complexity index is 548. The van der Waals surface area contributed by atoms with Gasteiger partial charge in [-0.1, -0.05) is 18.2 Å². The van der Waals surface area contributed by atoms with Crippen molar-refractivity contribution in [2.75, 3.05) is 20.1 Å². The van der Waals surface area contributed by atoms with E-state index in [4.69, 9.17) is 0 Å². The Morgan fingerprint density at radius 2 is 1.92 bits per heavy atom.